The molecule has 0 radical (unpaired) electrons. The Morgan fingerprint density at radius 1 is 0.493 bits per heavy atom. The van der Waals surface area contributed by atoms with Gasteiger partial charge in [-0.25, -0.2) is 4.57 Å². The fraction of sp³-hybridized carbons (Fsp3) is 0.694. The van der Waals surface area contributed by atoms with Crippen molar-refractivity contribution < 1.29 is 32.9 Å². The molecule has 0 bridgehead atoms. The third-order valence-corrected chi connectivity index (χ3v) is 13.2. The Morgan fingerprint density at radius 2 is 0.859 bits per heavy atom. The van der Waals surface area contributed by atoms with Crippen LogP contribution >= 0.6 is 7.82 Å². The molecule has 1 amide bonds. The summed E-state index contributed by atoms with van der Waals surface area (Å²) in [4.78, 5) is 23.3. The maximum Gasteiger partial charge on any atom is 0.472 e. The molecule has 9 heteroatoms. The fourth-order valence-corrected chi connectivity index (χ4v) is 8.46. The molecule has 3 atom stereocenters. The van der Waals surface area contributed by atoms with Crippen LogP contribution in [0.2, 0.25) is 0 Å². The minimum atomic E-state index is -4.37. The predicted octanol–water partition coefficient (Wildman–Crippen LogP) is 17.6. The molecule has 0 spiro atoms. The van der Waals surface area contributed by atoms with E-state index in [0.29, 0.717) is 17.4 Å². The lowest BCUT2D eigenvalue weighted by Crippen LogP contribution is -2.45. The maximum absolute atomic E-state index is 13.0. The second-order valence-electron chi connectivity index (χ2n) is 20.3. The zero-order valence-electron chi connectivity index (χ0n) is 46.4. The number of allylic oxidation sites excluding steroid dienone is 17. The van der Waals surface area contributed by atoms with Gasteiger partial charge < -0.3 is 19.8 Å². The Labute approximate surface area is 438 Å². The van der Waals surface area contributed by atoms with Gasteiger partial charge in [0.05, 0.1) is 39.9 Å². The van der Waals surface area contributed by atoms with Crippen LogP contribution in [0.4, 0.5) is 0 Å². The minimum Gasteiger partial charge on any atom is -0.387 e. The first-order valence-corrected chi connectivity index (χ1v) is 30.3. The number of aliphatic hydroxyl groups excluding tert-OH is 1. The topological polar surface area (TPSA) is 105 Å². The Hall–Kier alpha value is -2.84. The van der Waals surface area contributed by atoms with Gasteiger partial charge in [-0.3, -0.25) is 13.8 Å². The highest BCUT2D eigenvalue weighted by Gasteiger charge is 2.27. The van der Waals surface area contributed by atoms with Gasteiger partial charge in [-0.15, -0.1) is 0 Å². The SMILES string of the molecule is CC/C=C\C/C=C\C/C=C\C/C=C\C/C=C\C/C=C\CCCCCCCCCCCCC(=O)NC(COP(=O)(O)OCC[N+](C)(C)C)C(O)/C=C/CC/C=C/CC/C=C/CCCCCCCCCCCC. The highest BCUT2D eigenvalue weighted by Crippen LogP contribution is 2.43. The second-order valence-corrected chi connectivity index (χ2v) is 21.7. The summed E-state index contributed by atoms with van der Waals surface area (Å²) in [5.74, 6) is -0.200. The van der Waals surface area contributed by atoms with Crippen LogP contribution in [0.1, 0.15) is 226 Å². The summed E-state index contributed by atoms with van der Waals surface area (Å²) in [6, 6.07) is -0.880. The molecular weight excluding hydrogens is 900 g/mol. The molecule has 0 aromatic carbocycles. The van der Waals surface area contributed by atoms with Gasteiger partial charge in [0, 0.05) is 6.42 Å². The van der Waals surface area contributed by atoms with E-state index in [-0.39, 0.29) is 19.1 Å². The largest absolute Gasteiger partial charge is 0.472 e. The number of unbranched alkanes of at least 4 members (excludes halogenated alkanes) is 22. The van der Waals surface area contributed by atoms with Gasteiger partial charge in [0.1, 0.15) is 13.2 Å². The van der Waals surface area contributed by atoms with Crippen molar-refractivity contribution >= 4 is 13.7 Å². The van der Waals surface area contributed by atoms with Crippen LogP contribution in [-0.4, -0.2) is 73.4 Å². The number of hydrogen-bond donors (Lipinski definition) is 3. The molecule has 71 heavy (non-hydrogen) atoms. The number of phosphoric ester groups is 1. The standard InChI is InChI=1S/C62H109N2O6P/c1-6-8-10-12-14-16-18-20-22-24-26-28-29-30-31-32-33-34-35-36-38-40-42-44-46-48-50-52-54-56-62(66)63-60(59-70-71(67,68)69-58-57-64(3,4)5)61(65)55-53-51-49-47-45-43-41-39-37-27-25-23-21-19-17-15-13-11-9-7-2/h8,10,14,16,20,22,26,28,30-31,33-34,37,39,45,47,53,55,60-61,65H,6-7,9,11-13,15,17-19,21,23-25,27,29,32,35-36,38,40-44,46,48-52,54,56-59H2,1-5H3,(H-,63,66,67,68)/p+1/b10-8-,16-14-,22-20-,28-26-,31-30-,34-33-,39-37+,47-45+,55-53+. The first kappa shape index (κ1) is 68.2. The summed E-state index contributed by atoms with van der Waals surface area (Å²) < 4.78 is 23.7. The minimum absolute atomic E-state index is 0.0473. The van der Waals surface area contributed by atoms with Gasteiger partial charge in [-0.05, 0) is 96.3 Å². The number of nitrogens with zero attached hydrogens (tertiary/aromatic N) is 1. The van der Waals surface area contributed by atoms with Crippen molar-refractivity contribution in [1.29, 1.82) is 0 Å². The van der Waals surface area contributed by atoms with Crippen molar-refractivity contribution in [2.45, 2.75) is 238 Å². The first-order valence-electron chi connectivity index (χ1n) is 28.8. The van der Waals surface area contributed by atoms with Crippen molar-refractivity contribution in [2.24, 2.45) is 0 Å². The van der Waals surface area contributed by atoms with Crippen LogP contribution in [0.3, 0.4) is 0 Å². The third-order valence-electron chi connectivity index (χ3n) is 12.2. The van der Waals surface area contributed by atoms with Crippen LogP contribution in [0.25, 0.3) is 0 Å². The first-order chi connectivity index (χ1) is 34.5. The molecule has 0 saturated carbocycles. The molecule has 0 aliphatic heterocycles. The number of carbonyl (C=O) groups excluding carboxylic acids is 1. The smallest absolute Gasteiger partial charge is 0.387 e. The highest BCUT2D eigenvalue weighted by atomic mass is 31.2. The number of nitrogens with one attached hydrogen (secondary N) is 1. The van der Waals surface area contributed by atoms with Crippen molar-refractivity contribution in [3.63, 3.8) is 0 Å². The van der Waals surface area contributed by atoms with E-state index in [4.69, 9.17) is 9.05 Å². The summed E-state index contributed by atoms with van der Waals surface area (Å²) in [5, 5.41) is 13.9. The van der Waals surface area contributed by atoms with Crippen molar-refractivity contribution in [1.82, 2.24) is 5.32 Å². The normalized spacial score (nSPS) is 14.7. The van der Waals surface area contributed by atoms with Crippen molar-refractivity contribution in [3.8, 4) is 0 Å². The molecule has 8 nitrogen and oxygen atoms in total. The lowest BCUT2D eigenvalue weighted by Gasteiger charge is -2.25. The molecule has 0 fully saturated rings. The van der Waals surface area contributed by atoms with Crippen LogP contribution in [0.15, 0.2) is 109 Å². The quantitative estimate of drug-likeness (QED) is 0.0243. The molecule has 0 aliphatic carbocycles. The Bertz CT molecular complexity index is 1520. The monoisotopic (exact) mass is 1010 g/mol. The molecule has 0 aromatic heterocycles. The molecule has 0 aromatic rings. The van der Waals surface area contributed by atoms with Gasteiger partial charge in [0.2, 0.25) is 5.91 Å². The molecular formula is C62H110N2O6P+. The third kappa shape index (κ3) is 54.8. The van der Waals surface area contributed by atoms with E-state index in [1.165, 1.54) is 116 Å². The number of rotatable bonds is 51. The summed E-state index contributed by atoms with van der Waals surface area (Å²) in [6.45, 7) is 4.66. The zero-order valence-corrected chi connectivity index (χ0v) is 47.3. The van der Waals surface area contributed by atoms with Gasteiger partial charge in [0.15, 0.2) is 0 Å². The van der Waals surface area contributed by atoms with E-state index >= 15 is 0 Å². The van der Waals surface area contributed by atoms with E-state index in [9.17, 15) is 19.4 Å². The molecule has 3 N–H and O–H groups in total. The van der Waals surface area contributed by atoms with Crippen molar-refractivity contribution in [2.75, 3.05) is 40.9 Å². The Balaban J connectivity index is 4.30. The predicted molar refractivity (Wildman–Crippen MR) is 309 cm³/mol. The number of carbonyl (C=O) groups is 1. The van der Waals surface area contributed by atoms with E-state index in [1.54, 1.807) is 6.08 Å². The number of likely N-dealkylation sites (N-methyl/N-ethyl adjacent to an activating group) is 1. The number of amides is 1. The average molecular weight is 1010 g/mol. The number of quaternary nitrogens is 1. The van der Waals surface area contributed by atoms with Crippen LogP contribution < -0.4 is 5.32 Å². The molecule has 0 saturated heterocycles. The van der Waals surface area contributed by atoms with Gasteiger partial charge in [0.25, 0.3) is 0 Å². The van der Waals surface area contributed by atoms with Crippen LogP contribution in [0, 0.1) is 0 Å². The van der Waals surface area contributed by atoms with Crippen molar-refractivity contribution in [3.05, 3.63) is 109 Å². The molecule has 0 heterocycles. The Kier molecular flexibility index (Phi) is 50.0. The van der Waals surface area contributed by atoms with Gasteiger partial charge in [-0.2, -0.15) is 0 Å². The van der Waals surface area contributed by atoms with Gasteiger partial charge >= 0.3 is 7.82 Å². The maximum atomic E-state index is 13.0. The Morgan fingerprint density at radius 3 is 1.30 bits per heavy atom. The van der Waals surface area contributed by atoms with Crippen LogP contribution in [-0.2, 0) is 18.4 Å². The van der Waals surface area contributed by atoms with E-state index in [0.717, 1.165) is 89.9 Å². The zero-order chi connectivity index (χ0) is 52.0. The highest BCUT2D eigenvalue weighted by molar-refractivity contribution is 7.47. The molecule has 0 aliphatic rings. The van der Waals surface area contributed by atoms with E-state index < -0.39 is 20.0 Å². The second kappa shape index (κ2) is 52.0. The number of aliphatic hydroxyl groups is 1. The summed E-state index contributed by atoms with van der Waals surface area (Å²) in [7, 11) is 1.53. The fourth-order valence-electron chi connectivity index (χ4n) is 7.72. The summed E-state index contributed by atoms with van der Waals surface area (Å²) >= 11 is 0. The van der Waals surface area contributed by atoms with E-state index in [1.807, 2.05) is 27.2 Å². The summed E-state index contributed by atoms with van der Waals surface area (Å²) in [6.07, 6.45) is 76.1. The van der Waals surface area contributed by atoms with Gasteiger partial charge in [-0.1, -0.05) is 232 Å². The van der Waals surface area contributed by atoms with E-state index in [2.05, 4.69) is 116 Å². The number of hydrogen-bond acceptors (Lipinski definition) is 5. The van der Waals surface area contributed by atoms with Crippen LogP contribution in [0.5, 0.6) is 0 Å². The molecule has 0 rings (SSSR count). The number of phosphoric acid groups is 1. The lowest BCUT2D eigenvalue weighted by molar-refractivity contribution is -0.870. The average Bonchev–Trinajstić information content (AvgIpc) is 3.33. The lowest BCUT2D eigenvalue weighted by atomic mass is 10.0. The summed E-state index contributed by atoms with van der Waals surface area (Å²) in [5.41, 5.74) is 0. The molecule has 3 unspecified atom stereocenters. The molecule has 408 valence electrons.